The van der Waals surface area contributed by atoms with Gasteiger partial charge < -0.3 is 24.3 Å². The monoisotopic (exact) mass is 435 g/mol. The molecule has 6 heteroatoms. The summed E-state index contributed by atoms with van der Waals surface area (Å²) < 4.78 is 22.6. The van der Waals surface area contributed by atoms with Crippen molar-refractivity contribution in [2.24, 2.45) is 0 Å². The van der Waals surface area contributed by atoms with Gasteiger partial charge in [0.2, 0.25) is 5.91 Å². The number of nitrogens with one attached hydrogen (secondary N) is 1. The summed E-state index contributed by atoms with van der Waals surface area (Å²) in [7, 11) is 4.84. The number of amides is 1. The van der Waals surface area contributed by atoms with E-state index in [2.05, 4.69) is 5.32 Å². The van der Waals surface area contributed by atoms with Crippen molar-refractivity contribution in [2.45, 2.75) is 26.4 Å². The van der Waals surface area contributed by atoms with Crippen molar-refractivity contribution in [3.05, 3.63) is 77.4 Å². The molecular weight excluding hydrogens is 406 g/mol. The number of carbonyl (C=O) groups is 1. The third-order valence-corrected chi connectivity index (χ3v) is 5.10. The number of carbonyl (C=O) groups excluding carboxylic acids is 1. The second kappa shape index (κ2) is 11.1. The highest BCUT2D eigenvalue weighted by molar-refractivity contribution is 5.90. The fourth-order valence-electron chi connectivity index (χ4n) is 3.59. The minimum atomic E-state index is -0.146. The van der Waals surface area contributed by atoms with Crippen LogP contribution in [0.2, 0.25) is 0 Å². The van der Waals surface area contributed by atoms with Gasteiger partial charge in [-0.25, -0.2) is 0 Å². The van der Waals surface area contributed by atoms with Crippen molar-refractivity contribution in [1.29, 1.82) is 0 Å². The summed E-state index contributed by atoms with van der Waals surface area (Å²) in [6.07, 6.45) is 1.26. The zero-order valence-corrected chi connectivity index (χ0v) is 18.9. The molecule has 0 aliphatic carbocycles. The molecule has 0 fully saturated rings. The van der Waals surface area contributed by atoms with E-state index in [1.165, 1.54) is 6.92 Å². The molecule has 0 saturated carbocycles. The first-order chi connectivity index (χ1) is 15.5. The highest BCUT2D eigenvalue weighted by Gasteiger charge is 2.17. The zero-order valence-electron chi connectivity index (χ0n) is 18.9. The van der Waals surface area contributed by atoms with Crippen LogP contribution < -0.4 is 24.3 Å². The molecule has 1 N–H and O–H groups in total. The number of hydrogen-bond donors (Lipinski definition) is 1. The molecule has 32 heavy (non-hydrogen) atoms. The van der Waals surface area contributed by atoms with Gasteiger partial charge in [-0.05, 0) is 54.3 Å². The number of rotatable bonds is 10. The van der Waals surface area contributed by atoms with E-state index >= 15 is 0 Å². The number of methoxy groups -OCH3 is 3. The molecule has 0 aromatic heterocycles. The Morgan fingerprint density at radius 3 is 2.22 bits per heavy atom. The van der Waals surface area contributed by atoms with Crippen molar-refractivity contribution in [3.8, 4) is 23.0 Å². The van der Waals surface area contributed by atoms with E-state index < -0.39 is 0 Å². The van der Waals surface area contributed by atoms with E-state index in [-0.39, 0.29) is 5.91 Å². The molecule has 3 aromatic rings. The van der Waals surface area contributed by atoms with Gasteiger partial charge in [0.05, 0.1) is 21.3 Å². The molecule has 0 aliphatic rings. The van der Waals surface area contributed by atoms with Crippen LogP contribution in [0.5, 0.6) is 23.0 Å². The highest BCUT2D eigenvalue weighted by atomic mass is 16.5. The Hall–Kier alpha value is -3.67. The summed E-state index contributed by atoms with van der Waals surface area (Å²) in [5.41, 5.74) is 3.66. The van der Waals surface area contributed by atoms with Crippen LogP contribution in [0.3, 0.4) is 0 Å². The Balaban J connectivity index is 1.84. The van der Waals surface area contributed by atoms with Gasteiger partial charge >= 0.3 is 0 Å². The maximum Gasteiger partial charge on any atom is 0.221 e. The molecule has 0 atom stereocenters. The number of benzene rings is 3. The fourth-order valence-corrected chi connectivity index (χ4v) is 3.59. The Morgan fingerprint density at radius 2 is 1.56 bits per heavy atom. The average molecular weight is 436 g/mol. The Bertz CT molecular complexity index is 1050. The molecule has 0 unspecified atom stereocenters. The van der Waals surface area contributed by atoms with Crippen molar-refractivity contribution >= 4 is 11.6 Å². The molecule has 0 bridgehead atoms. The molecule has 0 heterocycles. The van der Waals surface area contributed by atoms with Gasteiger partial charge in [0.15, 0.2) is 11.5 Å². The maximum absolute atomic E-state index is 11.7. The minimum Gasteiger partial charge on any atom is -0.496 e. The lowest BCUT2D eigenvalue weighted by molar-refractivity contribution is -0.114. The standard InChI is InChI=1S/C26H29NO5/c1-18(28)27-23-13-15-25(30-3)26(31-4)22(23)12-10-20-16-21(11-14-24(20)29-2)32-17-19-8-6-5-7-9-19/h5-9,11,13-16H,10,12,17H2,1-4H3,(H,27,28). The van der Waals surface area contributed by atoms with Crippen molar-refractivity contribution < 1.29 is 23.7 Å². The van der Waals surface area contributed by atoms with Crippen molar-refractivity contribution in [2.75, 3.05) is 26.6 Å². The van der Waals surface area contributed by atoms with E-state index in [4.69, 9.17) is 18.9 Å². The lowest BCUT2D eigenvalue weighted by atomic mass is 10.00. The van der Waals surface area contributed by atoms with Crippen LogP contribution in [-0.2, 0) is 24.2 Å². The molecule has 0 aliphatic heterocycles. The first-order valence-corrected chi connectivity index (χ1v) is 10.4. The van der Waals surface area contributed by atoms with Crippen LogP contribution in [0, 0.1) is 0 Å². The van der Waals surface area contributed by atoms with E-state index in [9.17, 15) is 4.79 Å². The van der Waals surface area contributed by atoms with Gasteiger partial charge in [0, 0.05) is 18.2 Å². The van der Waals surface area contributed by atoms with Gasteiger partial charge in [-0.2, -0.15) is 0 Å². The van der Waals surface area contributed by atoms with E-state index in [1.54, 1.807) is 27.4 Å². The Kier molecular flexibility index (Phi) is 7.97. The lowest BCUT2D eigenvalue weighted by Gasteiger charge is -2.18. The summed E-state index contributed by atoms with van der Waals surface area (Å²) in [5.74, 6) is 2.62. The van der Waals surface area contributed by atoms with Crippen LogP contribution in [0.15, 0.2) is 60.7 Å². The molecule has 168 valence electrons. The third kappa shape index (κ3) is 5.72. The van der Waals surface area contributed by atoms with Crippen LogP contribution in [-0.4, -0.2) is 27.2 Å². The second-order valence-corrected chi connectivity index (χ2v) is 7.26. The smallest absolute Gasteiger partial charge is 0.221 e. The lowest BCUT2D eigenvalue weighted by Crippen LogP contribution is -2.10. The average Bonchev–Trinajstić information content (AvgIpc) is 2.81. The van der Waals surface area contributed by atoms with Crippen LogP contribution in [0.4, 0.5) is 5.69 Å². The summed E-state index contributed by atoms with van der Waals surface area (Å²) in [4.78, 5) is 11.7. The Labute approximate surface area is 189 Å². The van der Waals surface area contributed by atoms with Crippen LogP contribution in [0.1, 0.15) is 23.6 Å². The van der Waals surface area contributed by atoms with E-state index in [0.717, 1.165) is 28.2 Å². The largest absolute Gasteiger partial charge is 0.496 e. The van der Waals surface area contributed by atoms with Crippen molar-refractivity contribution in [1.82, 2.24) is 0 Å². The molecule has 3 rings (SSSR count). The van der Waals surface area contributed by atoms with Crippen molar-refractivity contribution in [3.63, 3.8) is 0 Å². The predicted molar refractivity (Wildman–Crippen MR) is 125 cm³/mol. The van der Waals surface area contributed by atoms with Gasteiger partial charge in [-0.1, -0.05) is 30.3 Å². The maximum atomic E-state index is 11.7. The fraction of sp³-hybridized carbons (Fsp3) is 0.269. The van der Waals surface area contributed by atoms with E-state index in [0.29, 0.717) is 36.6 Å². The second-order valence-electron chi connectivity index (χ2n) is 7.26. The quantitative estimate of drug-likeness (QED) is 0.484. The number of hydrogen-bond acceptors (Lipinski definition) is 5. The molecule has 0 saturated heterocycles. The Morgan fingerprint density at radius 1 is 0.844 bits per heavy atom. The minimum absolute atomic E-state index is 0.146. The normalized spacial score (nSPS) is 10.4. The summed E-state index contributed by atoms with van der Waals surface area (Å²) in [6, 6.07) is 19.4. The predicted octanol–water partition coefficient (Wildman–Crippen LogP) is 5.04. The van der Waals surface area contributed by atoms with Gasteiger partial charge in [0.1, 0.15) is 18.1 Å². The molecule has 0 radical (unpaired) electrons. The van der Waals surface area contributed by atoms with Crippen LogP contribution in [0.25, 0.3) is 0 Å². The molecule has 1 amide bonds. The first kappa shape index (κ1) is 23.0. The van der Waals surface area contributed by atoms with Gasteiger partial charge in [-0.3, -0.25) is 4.79 Å². The molecule has 6 nitrogen and oxygen atoms in total. The first-order valence-electron chi connectivity index (χ1n) is 10.4. The summed E-state index contributed by atoms with van der Waals surface area (Å²) in [6.45, 7) is 1.97. The molecule has 0 spiro atoms. The third-order valence-electron chi connectivity index (χ3n) is 5.10. The van der Waals surface area contributed by atoms with Gasteiger partial charge in [0.25, 0.3) is 0 Å². The number of aryl methyl sites for hydroxylation is 1. The SMILES string of the molecule is COc1ccc(OCc2ccccc2)cc1CCc1c(NC(C)=O)ccc(OC)c1OC. The number of ether oxygens (including phenoxy) is 4. The highest BCUT2D eigenvalue weighted by Crippen LogP contribution is 2.38. The topological polar surface area (TPSA) is 66.0 Å². The zero-order chi connectivity index (χ0) is 22.9. The molecule has 3 aromatic carbocycles. The summed E-state index contributed by atoms with van der Waals surface area (Å²) in [5, 5.41) is 2.88. The van der Waals surface area contributed by atoms with E-state index in [1.807, 2.05) is 54.6 Å². The molecular formula is C26H29NO5. The summed E-state index contributed by atoms with van der Waals surface area (Å²) >= 11 is 0. The number of anilines is 1. The van der Waals surface area contributed by atoms with Gasteiger partial charge in [-0.15, -0.1) is 0 Å². The van der Waals surface area contributed by atoms with Crippen LogP contribution >= 0.6 is 0 Å².